The van der Waals surface area contributed by atoms with E-state index in [1.807, 2.05) is 18.2 Å². The van der Waals surface area contributed by atoms with E-state index in [1.54, 1.807) is 4.90 Å². The lowest BCUT2D eigenvalue weighted by Crippen LogP contribution is -2.53. The molecule has 0 spiro atoms. The first kappa shape index (κ1) is 20.0. The summed E-state index contributed by atoms with van der Waals surface area (Å²) in [6.07, 6.45) is 0.711. The highest BCUT2D eigenvalue weighted by molar-refractivity contribution is 6.05. The molecule has 8 nitrogen and oxygen atoms in total. The van der Waals surface area contributed by atoms with Gasteiger partial charge in [0.15, 0.2) is 0 Å². The van der Waals surface area contributed by atoms with Crippen LogP contribution < -0.4 is 16.0 Å². The summed E-state index contributed by atoms with van der Waals surface area (Å²) in [7, 11) is 0. The average molecular weight is 400 g/mol. The van der Waals surface area contributed by atoms with Gasteiger partial charge in [-0.05, 0) is 31.4 Å². The second kappa shape index (κ2) is 7.85. The molecule has 0 aromatic heterocycles. The number of hydrogen-bond acceptors (Lipinski definition) is 6. The molecule has 156 valence electrons. The van der Waals surface area contributed by atoms with E-state index >= 15 is 0 Å². The summed E-state index contributed by atoms with van der Waals surface area (Å²) >= 11 is 0. The molecule has 1 aromatic rings. The molecule has 0 aliphatic carbocycles. The van der Waals surface area contributed by atoms with Crippen LogP contribution >= 0.6 is 0 Å². The third-order valence-electron chi connectivity index (χ3n) is 5.73. The number of carbonyl (C=O) groups excluding carboxylic acids is 3. The van der Waals surface area contributed by atoms with Gasteiger partial charge in [-0.1, -0.05) is 18.2 Å². The summed E-state index contributed by atoms with van der Waals surface area (Å²) < 4.78 is 6.07. The molecule has 3 amide bonds. The second-order valence-corrected chi connectivity index (χ2v) is 8.61. The molecule has 0 saturated carbocycles. The van der Waals surface area contributed by atoms with Crippen molar-refractivity contribution >= 4 is 17.7 Å². The zero-order valence-electron chi connectivity index (χ0n) is 16.9. The Kier molecular flexibility index (Phi) is 5.42. The molecule has 8 heteroatoms. The summed E-state index contributed by atoms with van der Waals surface area (Å²) in [6, 6.07) is 5.23. The number of rotatable bonds is 5. The number of amides is 3. The number of hydrogen-bond donors (Lipinski definition) is 3. The SMILES string of the molecule is CC1(C)CNC[C@H](CNCc2cccc3c2C(=O)N(C2CCC(=O)NC2=O)C3)O1. The third-order valence-corrected chi connectivity index (χ3v) is 5.73. The lowest BCUT2D eigenvalue weighted by atomic mass is 10.0. The largest absolute Gasteiger partial charge is 0.368 e. The zero-order valence-corrected chi connectivity index (χ0v) is 16.9. The Balaban J connectivity index is 1.41. The van der Waals surface area contributed by atoms with Crippen LogP contribution in [0.25, 0.3) is 0 Å². The van der Waals surface area contributed by atoms with Gasteiger partial charge in [0.1, 0.15) is 6.04 Å². The van der Waals surface area contributed by atoms with Crippen molar-refractivity contribution in [2.45, 2.75) is 57.5 Å². The van der Waals surface area contributed by atoms with E-state index in [4.69, 9.17) is 4.74 Å². The van der Waals surface area contributed by atoms with E-state index in [1.165, 1.54) is 0 Å². The molecule has 3 N–H and O–H groups in total. The number of piperidine rings is 1. The summed E-state index contributed by atoms with van der Waals surface area (Å²) in [4.78, 5) is 38.3. The van der Waals surface area contributed by atoms with Crippen LogP contribution in [0.2, 0.25) is 0 Å². The highest BCUT2D eigenvalue weighted by Gasteiger charge is 2.40. The normalized spacial score (nSPS) is 26.4. The molecule has 3 aliphatic heterocycles. The molecule has 29 heavy (non-hydrogen) atoms. The van der Waals surface area contributed by atoms with Crippen molar-refractivity contribution in [1.29, 1.82) is 0 Å². The summed E-state index contributed by atoms with van der Waals surface area (Å²) in [5.74, 6) is -0.793. The predicted octanol–water partition coefficient (Wildman–Crippen LogP) is 0.304. The quantitative estimate of drug-likeness (QED) is 0.615. The minimum atomic E-state index is -0.586. The standard InChI is InChI=1S/C21H28N4O4/c1-21(2)12-23-10-15(29-21)9-22-8-13-4-3-5-14-11-25(20(28)18(13)14)16-6-7-17(26)24-19(16)27/h3-5,15-16,22-23H,6-12H2,1-2H3,(H,24,26,27)/t15-,16?/m0/s1. The summed E-state index contributed by atoms with van der Waals surface area (Å²) in [5.41, 5.74) is 2.34. The number of carbonyl (C=O) groups is 3. The van der Waals surface area contributed by atoms with Gasteiger partial charge in [0, 0.05) is 44.7 Å². The number of nitrogens with zero attached hydrogens (tertiary/aromatic N) is 1. The van der Waals surface area contributed by atoms with E-state index in [0.717, 1.165) is 24.2 Å². The van der Waals surface area contributed by atoms with Gasteiger partial charge in [0.2, 0.25) is 11.8 Å². The molecule has 2 fully saturated rings. The van der Waals surface area contributed by atoms with Crippen LogP contribution in [-0.4, -0.2) is 60.0 Å². The fourth-order valence-electron chi connectivity index (χ4n) is 4.39. The Hall–Kier alpha value is -2.29. The molecule has 2 atom stereocenters. The van der Waals surface area contributed by atoms with Gasteiger partial charge in [-0.15, -0.1) is 0 Å². The molecule has 4 rings (SSSR count). The number of ether oxygens (including phenoxy) is 1. The van der Waals surface area contributed by atoms with E-state index in [9.17, 15) is 14.4 Å². The fourth-order valence-corrected chi connectivity index (χ4v) is 4.39. The maximum Gasteiger partial charge on any atom is 0.255 e. The second-order valence-electron chi connectivity index (χ2n) is 8.61. The Bertz CT molecular complexity index is 838. The summed E-state index contributed by atoms with van der Waals surface area (Å²) in [5, 5.41) is 9.13. The number of morpholine rings is 1. The molecule has 3 aliphatic rings. The van der Waals surface area contributed by atoms with Crippen molar-refractivity contribution < 1.29 is 19.1 Å². The highest BCUT2D eigenvalue weighted by Crippen LogP contribution is 2.29. The van der Waals surface area contributed by atoms with Gasteiger partial charge < -0.3 is 20.3 Å². The van der Waals surface area contributed by atoms with Crippen molar-refractivity contribution in [3.8, 4) is 0 Å². The third kappa shape index (κ3) is 4.19. The highest BCUT2D eigenvalue weighted by atomic mass is 16.5. The first-order valence-corrected chi connectivity index (χ1v) is 10.2. The minimum Gasteiger partial charge on any atom is -0.368 e. The molecule has 0 bridgehead atoms. The van der Waals surface area contributed by atoms with Gasteiger partial charge in [0.05, 0.1) is 11.7 Å². The first-order valence-electron chi connectivity index (χ1n) is 10.2. The Morgan fingerprint density at radius 1 is 1.28 bits per heavy atom. The molecular weight excluding hydrogens is 372 g/mol. The fraction of sp³-hybridized carbons (Fsp3) is 0.571. The molecule has 1 unspecified atom stereocenters. The first-order chi connectivity index (χ1) is 13.8. The van der Waals surface area contributed by atoms with Gasteiger partial charge in [-0.2, -0.15) is 0 Å². The number of imide groups is 1. The maximum absolute atomic E-state index is 13.1. The molecule has 1 aromatic carbocycles. The van der Waals surface area contributed by atoms with Gasteiger partial charge in [0.25, 0.3) is 5.91 Å². The summed E-state index contributed by atoms with van der Waals surface area (Å²) in [6.45, 7) is 7.41. The van der Waals surface area contributed by atoms with Crippen molar-refractivity contribution in [2.75, 3.05) is 19.6 Å². The van der Waals surface area contributed by atoms with Crippen LogP contribution in [-0.2, 0) is 27.4 Å². The van der Waals surface area contributed by atoms with Crippen molar-refractivity contribution in [1.82, 2.24) is 20.9 Å². The van der Waals surface area contributed by atoms with E-state index < -0.39 is 6.04 Å². The predicted molar refractivity (Wildman–Crippen MR) is 106 cm³/mol. The van der Waals surface area contributed by atoms with Crippen LogP contribution in [0.3, 0.4) is 0 Å². The Morgan fingerprint density at radius 2 is 2.10 bits per heavy atom. The topological polar surface area (TPSA) is 99.8 Å². The minimum absolute atomic E-state index is 0.0752. The average Bonchev–Trinajstić information content (AvgIpc) is 2.98. The van der Waals surface area contributed by atoms with Crippen LogP contribution in [0, 0.1) is 0 Å². The molecule has 3 heterocycles. The number of nitrogens with one attached hydrogen (secondary N) is 3. The van der Waals surface area contributed by atoms with Crippen molar-refractivity contribution in [3.05, 3.63) is 34.9 Å². The van der Waals surface area contributed by atoms with Crippen molar-refractivity contribution in [2.24, 2.45) is 0 Å². The molecular formula is C21H28N4O4. The van der Waals surface area contributed by atoms with Gasteiger partial charge in [-0.25, -0.2) is 0 Å². The van der Waals surface area contributed by atoms with Crippen molar-refractivity contribution in [3.63, 3.8) is 0 Å². The van der Waals surface area contributed by atoms with E-state index in [0.29, 0.717) is 31.6 Å². The van der Waals surface area contributed by atoms with Crippen LogP contribution in [0.4, 0.5) is 0 Å². The van der Waals surface area contributed by atoms with E-state index in [-0.39, 0.29) is 35.8 Å². The maximum atomic E-state index is 13.1. The molecule has 2 saturated heterocycles. The van der Waals surface area contributed by atoms with Gasteiger partial charge in [-0.3, -0.25) is 19.7 Å². The smallest absolute Gasteiger partial charge is 0.255 e. The lowest BCUT2D eigenvalue weighted by molar-refractivity contribution is -0.136. The Morgan fingerprint density at radius 3 is 2.86 bits per heavy atom. The van der Waals surface area contributed by atoms with Crippen LogP contribution in [0.5, 0.6) is 0 Å². The van der Waals surface area contributed by atoms with Crippen LogP contribution in [0.1, 0.15) is 48.2 Å². The number of fused-ring (bicyclic) bond motifs is 1. The lowest BCUT2D eigenvalue weighted by Gasteiger charge is -2.36. The van der Waals surface area contributed by atoms with Crippen LogP contribution in [0.15, 0.2) is 18.2 Å². The number of benzene rings is 1. The van der Waals surface area contributed by atoms with Gasteiger partial charge >= 0.3 is 0 Å². The monoisotopic (exact) mass is 400 g/mol. The Labute approximate surface area is 170 Å². The van der Waals surface area contributed by atoms with E-state index in [2.05, 4.69) is 29.8 Å². The zero-order chi connectivity index (χ0) is 20.6. The molecule has 0 radical (unpaired) electrons.